The molecule has 1 aliphatic rings. The van der Waals surface area contributed by atoms with E-state index in [0.29, 0.717) is 12.3 Å². The summed E-state index contributed by atoms with van der Waals surface area (Å²) < 4.78 is 7.50. The summed E-state index contributed by atoms with van der Waals surface area (Å²) in [4.78, 5) is 5.61. The Kier molecular flexibility index (Phi) is 6.89. The van der Waals surface area contributed by atoms with E-state index in [1.54, 1.807) is 24.2 Å². The second-order valence-electron chi connectivity index (χ2n) is 7.15. The number of hydrogen-bond acceptors (Lipinski definition) is 6. The lowest BCUT2D eigenvalue weighted by molar-refractivity contribution is -0.910. The predicted molar refractivity (Wildman–Crippen MR) is 112 cm³/mol. The highest BCUT2D eigenvalue weighted by Gasteiger charge is 2.20. The Balaban J connectivity index is 1.49. The van der Waals surface area contributed by atoms with E-state index in [4.69, 9.17) is 4.74 Å². The van der Waals surface area contributed by atoms with Crippen molar-refractivity contribution in [2.75, 3.05) is 38.6 Å². The highest BCUT2D eigenvalue weighted by molar-refractivity contribution is 7.99. The number of nitrogens with one attached hydrogen (secondary N) is 1. The smallest absolute Gasteiger partial charge is 0.191 e. The van der Waals surface area contributed by atoms with Crippen LogP contribution in [0.1, 0.15) is 5.56 Å². The molecule has 0 bridgehead atoms. The van der Waals surface area contributed by atoms with Crippen LogP contribution < -0.4 is 4.90 Å². The van der Waals surface area contributed by atoms with Crippen LogP contribution >= 0.6 is 11.8 Å². The van der Waals surface area contributed by atoms with Crippen molar-refractivity contribution < 1.29 is 14.7 Å². The molecule has 4 rings (SSSR count). The summed E-state index contributed by atoms with van der Waals surface area (Å²) in [5.74, 6) is 1.38. The van der Waals surface area contributed by atoms with Crippen LogP contribution in [-0.2, 0) is 11.3 Å². The summed E-state index contributed by atoms with van der Waals surface area (Å²) in [6.07, 6.45) is 3.16. The number of hydrogen-bond donors (Lipinski definition) is 2. The van der Waals surface area contributed by atoms with Crippen molar-refractivity contribution in [3.63, 3.8) is 0 Å². The van der Waals surface area contributed by atoms with Crippen molar-refractivity contribution in [1.29, 1.82) is 0 Å². The van der Waals surface area contributed by atoms with E-state index in [1.807, 2.05) is 30.3 Å². The van der Waals surface area contributed by atoms with Gasteiger partial charge >= 0.3 is 0 Å². The van der Waals surface area contributed by atoms with Crippen LogP contribution in [-0.4, -0.2) is 69.6 Å². The Morgan fingerprint density at radius 2 is 1.93 bits per heavy atom. The highest BCUT2D eigenvalue weighted by atomic mass is 32.2. The molecule has 3 heterocycles. The largest absolute Gasteiger partial charge is 0.386 e. The lowest BCUT2D eigenvalue weighted by Crippen LogP contribution is -3.15. The maximum absolute atomic E-state index is 10.5. The van der Waals surface area contributed by atoms with E-state index >= 15 is 0 Å². The summed E-state index contributed by atoms with van der Waals surface area (Å²) in [5.41, 5.74) is 2.11. The van der Waals surface area contributed by atoms with Gasteiger partial charge in [-0.25, -0.2) is 0 Å². The zero-order valence-electron chi connectivity index (χ0n) is 16.3. The number of morpholine rings is 1. The molecule has 1 aliphatic heterocycles. The van der Waals surface area contributed by atoms with Gasteiger partial charge in [0.05, 0.1) is 19.8 Å². The average Bonchev–Trinajstić information content (AvgIpc) is 3.17. The fourth-order valence-corrected chi connectivity index (χ4v) is 4.30. The minimum absolute atomic E-state index is 0.392. The molecule has 0 amide bonds. The van der Waals surface area contributed by atoms with Crippen LogP contribution in [0.4, 0.5) is 0 Å². The fourth-order valence-electron chi connectivity index (χ4n) is 3.44. The van der Waals surface area contributed by atoms with Gasteiger partial charge in [-0.2, -0.15) is 0 Å². The maximum Gasteiger partial charge on any atom is 0.191 e. The van der Waals surface area contributed by atoms with Crippen LogP contribution in [0.5, 0.6) is 0 Å². The fraction of sp³-hybridized carbons (Fsp3) is 0.381. The predicted octanol–water partition coefficient (Wildman–Crippen LogP) is 0.757. The molecule has 0 spiro atoms. The molecular formula is C21H26N5O2S+. The van der Waals surface area contributed by atoms with Gasteiger partial charge in [-0.05, 0) is 17.7 Å². The Morgan fingerprint density at radius 1 is 1.10 bits per heavy atom. The van der Waals surface area contributed by atoms with E-state index in [9.17, 15) is 5.11 Å². The van der Waals surface area contributed by atoms with Crippen molar-refractivity contribution >= 4 is 11.8 Å². The number of nitrogens with zero attached hydrogens (tertiary/aromatic N) is 4. The Morgan fingerprint density at radius 3 is 2.69 bits per heavy atom. The van der Waals surface area contributed by atoms with Crippen molar-refractivity contribution in [3.05, 3.63) is 60.4 Å². The standard InChI is InChI=1S/C21H25N5O2S/c27-19(15-25-9-11-28-12-10-25)16-29-21-24-23-20(18-7-4-8-22-13-18)26(21)14-17-5-2-1-3-6-17/h1-8,13,19,27H,9-12,14-16H2/p+1/t19-/m1/s1. The second-order valence-corrected chi connectivity index (χ2v) is 8.14. The van der Waals surface area contributed by atoms with Gasteiger partial charge in [-0.3, -0.25) is 9.55 Å². The third kappa shape index (κ3) is 5.42. The molecule has 7 nitrogen and oxygen atoms in total. The molecule has 2 aromatic heterocycles. The Hall–Kier alpha value is -2.26. The number of thioether (sulfide) groups is 1. The van der Waals surface area contributed by atoms with E-state index < -0.39 is 6.10 Å². The van der Waals surface area contributed by atoms with Crippen molar-refractivity contribution in [1.82, 2.24) is 19.7 Å². The lowest BCUT2D eigenvalue weighted by atomic mass is 10.2. The van der Waals surface area contributed by atoms with Crippen LogP contribution in [0.3, 0.4) is 0 Å². The first-order chi connectivity index (χ1) is 14.3. The molecule has 2 N–H and O–H groups in total. The third-order valence-corrected chi connectivity index (χ3v) is 6.06. The maximum atomic E-state index is 10.5. The minimum atomic E-state index is -0.392. The number of benzene rings is 1. The van der Waals surface area contributed by atoms with Crippen LogP contribution in [0.15, 0.2) is 60.0 Å². The van der Waals surface area contributed by atoms with E-state index in [2.05, 4.69) is 31.9 Å². The van der Waals surface area contributed by atoms with Gasteiger partial charge in [0.25, 0.3) is 0 Å². The average molecular weight is 413 g/mol. The van der Waals surface area contributed by atoms with Gasteiger partial charge in [0.2, 0.25) is 0 Å². The molecule has 3 aromatic rings. The molecule has 1 atom stereocenters. The van der Waals surface area contributed by atoms with E-state index in [0.717, 1.165) is 49.4 Å². The van der Waals surface area contributed by atoms with Gasteiger partial charge in [0.1, 0.15) is 25.7 Å². The summed E-state index contributed by atoms with van der Waals surface area (Å²) in [6.45, 7) is 4.86. The number of ether oxygens (including phenoxy) is 1. The number of aromatic nitrogens is 4. The summed E-state index contributed by atoms with van der Waals surface area (Å²) in [6, 6.07) is 14.2. The van der Waals surface area contributed by atoms with Crippen molar-refractivity contribution in [2.24, 2.45) is 0 Å². The summed E-state index contributed by atoms with van der Waals surface area (Å²) in [7, 11) is 0. The molecule has 1 aromatic carbocycles. The van der Waals surface area contributed by atoms with Crippen LogP contribution in [0.25, 0.3) is 11.4 Å². The number of rotatable bonds is 8. The van der Waals surface area contributed by atoms with Gasteiger partial charge in [-0.15, -0.1) is 10.2 Å². The first-order valence-corrected chi connectivity index (χ1v) is 10.9. The van der Waals surface area contributed by atoms with E-state index in [-0.39, 0.29) is 0 Å². The van der Waals surface area contributed by atoms with Crippen molar-refractivity contribution in [2.45, 2.75) is 17.8 Å². The Labute approximate surface area is 174 Å². The molecule has 1 saturated heterocycles. The van der Waals surface area contributed by atoms with Gasteiger partial charge in [0, 0.05) is 23.7 Å². The topological polar surface area (TPSA) is 77.5 Å². The Bertz CT molecular complexity index is 885. The summed E-state index contributed by atoms with van der Waals surface area (Å²) >= 11 is 1.55. The quantitative estimate of drug-likeness (QED) is 0.532. The molecular weight excluding hydrogens is 386 g/mol. The molecule has 8 heteroatoms. The van der Waals surface area contributed by atoms with Crippen molar-refractivity contribution in [3.8, 4) is 11.4 Å². The molecule has 0 saturated carbocycles. The number of pyridine rings is 1. The highest BCUT2D eigenvalue weighted by Crippen LogP contribution is 2.25. The van der Waals surface area contributed by atoms with Gasteiger partial charge in [0.15, 0.2) is 11.0 Å². The molecule has 29 heavy (non-hydrogen) atoms. The zero-order valence-corrected chi connectivity index (χ0v) is 17.1. The van der Waals surface area contributed by atoms with Crippen LogP contribution in [0.2, 0.25) is 0 Å². The monoisotopic (exact) mass is 412 g/mol. The molecule has 152 valence electrons. The normalized spacial score (nSPS) is 16.0. The first kappa shape index (κ1) is 20.0. The summed E-state index contributed by atoms with van der Waals surface area (Å²) in [5, 5.41) is 20.2. The number of aliphatic hydroxyl groups is 1. The molecule has 1 fully saturated rings. The van der Waals surface area contributed by atoms with Gasteiger partial charge < -0.3 is 14.7 Å². The lowest BCUT2D eigenvalue weighted by Gasteiger charge is -2.25. The second kappa shape index (κ2) is 9.98. The number of quaternary nitrogens is 1. The van der Waals surface area contributed by atoms with Gasteiger partial charge in [-0.1, -0.05) is 42.1 Å². The first-order valence-electron chi connectivity index (χ1n) is 9.89. The third-order valence-electron chi connectivity index (χ3n) is 4.95. The molecule has 0 unspecified atom stereocenters. The zero-order chi connectivity index (χ0) is 19.9. The molecule has 0 radical (unpaired) electrons. The van der Waals surface area contributed by atoms with Crippen LogP contribution in [0, 0.1) is 0 Å². The SMILES string of the molecule is O[C@@H](CSc1nnc(-c2cccnc2)n1Cc1ccccc1)C[NH+]1CCOCC1. The number of aliphatic hydroxyl groups excluding tert-OH is 1. The minimum Gasteiger partial charge on any atom is -0.386 e. The molecule has 0 aliphatic carbocycles. The van der Waals surface area contributed by atoms with E-state index in [1.165, 1.54) is 10.5 Å².